The van der Waals surface area contributed by atoms with E-state index in [0.29, 0.717) is 10.8 Å². The molecule has 0 unspecified atom stereocenters. The molecule has 5 nitrogen and oxygen atoms in total. The molecule has 0 N–H and O–H groups in total. The Kier molecular flexibility index (Phi) is 3.58. The number of hydrogen-bond donors (Lipinski definition) is 0. The standard InChI is InChI=1S/C9H8N2O3S2/c1-13-7(12)5-15-9-11-10-8(16-9)6-3-2-4-14-6/h2-4H,5H2,1H3. The SMILES string of the molecule is COC(=O)CSc1nnc(-c2ccco2)s1. The van der Waals surface area contributed by atoms with E-state index in [1.807, 2.05) is 6.07 Å². The number of esters is 1. The zero-order chi connectivity index (χ0) is 11.4. The predicted octanol–water partition coefficient (Wildman–Crippen LogP) is 2.06. The van der Waals surface area contributed by atoms with Crippen molar-refractivity contribution < 1.29 is 13.9 Å². The van der Waals surface area contributed by atoms with Crippen molar-refractivity contribution in [1.82, 2.24) is 10.2 Å². The third-order valence-corrected chi connectivity index (χ3v) is 3.72. The Morgan fingerprint density at radius 1 is 1.62 bits per heavy atom. The van der Waals surface area contributed by atoms with Gasteiger partial charge in [-0.25, -0.2) is 0 Å². The topological polar surface area (TPSA) is 65.2 Å². The smallest absolute Gasteiger partial charge is 0.316 e. The summed E-state index contributed by atoms with van der Waals surface area (Å²) in [5.74, 6) is 0.644. The predicted molar refractivity (Wildman–Crippen MR) is 60.4 cm³/mol. The Hall–Kier alpha value is -1.34. The number of ether oxygens (including phenoxy) is 1. The van der Waals surface area contributed by atoms with E-state index in [9.17, 15) is 4.79 Å². The molecule has 16 heavy (non-hydrogen) atoms. The molecule has 2 rings (SSSR count). The lowest BCUT2D eigenvalue weighted by Crippen LogP contribution is -2.02. The molecule has 2 aromatic heterocycles. The first-order valence-corrected chi connectivity index (χ1v) is 6.17. The monoisotopic (exact) mass is 256 g/mol. The van der Waals surface area contributed by atoms with Crippen LogP contribution < -0.4 is 0 Å². The summed E-state index contributed by atoms with van der Waals surface area (Å²) in [7, 11) is 1.36. The number of hydrogen-bond acceptors (Lipinski definition) is 7. The van der Waals surface area contributed by atoms with Crippen LogP contribution in [0.15, 0.2) is 27.2 Å². The normalized spacial score (nSPS) is 10.3. The van der Waals surface area contributed by atoms with Crippen molar-refractivity contribution in [3.05, 3.63) is 18.4 Å². The minimum absolute atomic E-state index is 0.239. The van der Waals surface area contributed by atoms with Crippen LogP contribution in [-0.4, -0.2) is 29.0 Å². The molecule has 0 spiro atoms. The summed E-state index contributed by atoms with van der Waals surface area (Å²) < 4.78 is 10.4. The lowest BCUT2D eigenvalue weighted by atomic mass is 10.5. The van der Waals surface area contributed by atoms with Gasteiger partial charge in [-0.1, -0.05) is 23.1 Å². The number of methoxy groups -OCH3 is 1. The van der Waals surface area contributed by atoms with Crippen LogP contribution in [0.1, 0.15) is 0 Å². The second-order valence-electron chi connectivity index (χ2n) is 2.72. The van der Waals surface area contributed by atoms with Gasteiger partial charge in [0.2, 0.25) is 0 Å². The molecule has 0 radical (unpaired) electrons. The van der Waals surface area contributed by atoms with Crippen molar-refractivity contribution in [2.24, 2.45) is 0 Å². The number of aromatic nitrogens is 2. The lowest BCUT2D eigenvalue weighted by molar-refractivity contribution is -0.137. The molecule has 0 aliphatic heterocycles. The first-order valence-electron chi connectivity index (χ1n) is 4.36. The quantitative estimate of drug-likeness (QED) is 0.616. The second-order valence-corrected chi connectivity index (χ2v) is 4.92. The van der Waals surface area contributed by atoms with Gasteiger partial charge in [0.1, 0.15) is 0 Å². The molecule has 0 atom stereocenters. The van der Waals surface area contributed by atoms with E-state index in [4.69, 9.17) is 4.42 Å². The fraction of sp³-hybridized carbons (Fsp3) is 0.222. The van der Waals surface area contributed by atoms with Gasteiger partial charge in [0.15, 0.2) is 15.1 Å². The maximum atomic E-state index is 10.9. The molecule has 0 saturated carbocycles. The molecule has 0 amide bonds. The summed E-state index contributed by atoms with van der Waals surface area (Å²) in [5.41, 5.74) is 0. The third-order valence-electron chi connectivity index (χ3n) is 1.68. The fourth-order valence-electron chi connectivity index (χ4n) is 0.948. The highest BCUT2D eigenvalue weighted by molar-refractivity contribution is 8.01. The fourth-order valence-corrected chi connectivity index (χ4v) is 2.60. The van der Waals surface area contributed by atoms with E-state index in [1.54, 1.807) is 12.3 Å². The zero-order valence-electron chi connectivity index (χ0n) is 8.37. The van der Waals surface area contributed by atoms with Gasteiger partial charge in [-0.3, -0.25) is 4.79 Å². The van der Waals surface area contributed by atoms with E-state index >= 15 is 0 Å². The molecule has 0 fully saturated rings. The maximum absolute atomic E-state index is 10.9. The molecular weight excluding hydrogens is 248 g/mol. The second kappa shape index (κ2) is 5.13. The molecule has 0 saturated heterocycles. The van der Waals surface area contributed by atoms with E-state index < -0.39 is 0 Å². The largest absolute Gasteiger partial charge is 0.468 e. The van der Waals surface area contributed by atoms with Crippen molar-refractivity contribution >= 4 is 29.1 Å². The molecule has 0 aliphatic carbocycles. The van der Waals surface area contributed by atoms with Crippen molar-refractivity contribution in [1.29, 1.82) is 0 Å². The average molecular weight is 256 g/mol. The van der Waals surface area contributed by atoms with Gasteiger partial charge in [-0.15, -0.1) is 10.2 Å². The van der Waals surface area contributed by atoms with Crippen LogP contribution in [0.5, 0.6) is 0 Å². The molecule has 0 bridgehead atoms. The lowest BCUT2D eigenvalue weighted by Gasteiger charge is -1.94. The third kappa shape index (κ3) is 2.61. The van der Waals surface area contributed by atoms with Gasteiger partial charge in [-0.2, -0.15) is 0 Å². The molecule has 2 aromatic rings. The first-order chi connectivity index (χ1) is 7.79. The highest BCUT2D eigenvalue weighted by Gasteiger charge is 2.10. The van der Waals surface area contributed by atoms with E-state index in [0.717, 1.165) is 4.34 Å². The Bertz CT molecular complexity index is 467. The summed E-state index contributed by atoms with van der Waals surface area (Å²) >= 11 is 2.68. The van der Waals surface area contributed by atoms with Gasteiger partial charge in [0.05, 0.1) is 19.1 Å². The number of furan rings is 1. The van der Waals surface area contributed by atoms with Crippen LogP contribution in [0, 0.1) is 0 Å². The Balaban J connectivity index is 2.00. The van der Waals surface area contributed by atoms with Crippen LogP contribution in [-0.2, 0) is 9.53 Å². The van der Waals surface area contributed by atoms with Crippen molar-refractivity contribution in [3.63, 3.8) is 0 Å². The molecule has 84 valence electrons. The van der Waals surface area contributed by atoms with Crippen LogP contribution in [0.2, 0.25) is 0 Å². The Morgan fingerprint density at radius 3 is 3.19 bits per heavy atom. The summed E-state index contributed by atoms with van der Waals surface area (Å²) in [6.45, 7) is 0. The number of nitrogens with zero attached hydrogens (tertiary/aromatic N) is 2. The van der Waals surface area contributed by atoms with Gasteiger partial charge in [0, 0.05) is 0 Å². The zero-order valence-corrected chi connectivity index (χ0v) is 10.0. The number of carbonyl (C=O) groups is 1. The first kappa shape index (κ1) is 11.2. The number of rotatable bonds is 4. The molecule has 0 aromatic carbocycles. The van der Waals surface area contributed by atoms with Gasteiger partial charge in [0.25, 0.3) is 0 Å². The van der Waals surface area contributed by atoms with E-state index in [-0.39, 0.29) is 11.7 Å². The van der Waals surface area contributed by atoms with Crippen LogP contribution in [0.3, 0.4) is 0 Å². The average Bonchev–Trinajstić information content (AvgIpc) is 2.95. The molecule has 2 heterocycles. The van der Waals surface area contributed by atoms with Gasteiger partial charge in [-0.05, 0) is 12.1 Å². The Labute approximate surface area is 99.8 Å². The number of thioether (sulfide) groups is 1. The van der Waals surface area contributed by atoms with Crippen molar-refractivity contribution in [2.45, 2.75) is 4.34 Å². The van der Waals surface area contributed by atoms with Crippen molar-refractivity contribution in [2.75, 3.05) is 12.9 Å². The van der Waals surface area contributed by atoms with Gasteiger partial charge < -0.3 is 9.15 Å². The van der Waals surface area contributed by atoms with Crippen molar-refractivity contribution in [3.8, 4) is 10.8 Å². The van der Waals surface area contributed by atoms with Gasteiger partial charge >= 0.3 is 5.97 Å². The summed E-state index contributed by atoms with van der Waals surface area (Å²) in [4.78, 5) is 10.9. The minimum Gasteiger partial charge on any atom is -0.468 e. The Morgan fingerprint density at radius 2 is 2.50 bits per heavy atom. The molecule has 0 aliphatic rings. The van der Waals surface area contributed by atoms with E-state index in [2.05, 4.69) is 14.9 Å². The highest BCUT2D eigenvalue weighted by Crippen LogP contribution is 2.29. The summed E-state index contributed by atoms with van der Waals surface area (Å²) in [5, 5.41) is 8.61. The molecule has 7 heteroatoms. The van der Waals surface area contributed by atoms with Crippen LogP contribution >= 0.6 is 23.1 Å². The van der Waals surface area contributed by atoms with E-state index in [1.165, 1.54) is 30.2 Å². The molecular formula is C9H8N2O3S2. The highest BCUT2D eigenvalue weighted by atomic mass is 32.2. The summed E-state index contributed by atoms with van der Waals surface area (Å²) in [6.07, 6.45) is 1.58. The van der Waals surface area contributed by atoms with Crippen LogP contribution in [0.25, 0.3) is 10.8 Å². The minimum atomic E-state index is -0.278. The summed E-state index contributed by atoms with van der Waals surface area (Å²) in [6, 6.07) is 3.60. The number of carbonyl (C=O) groups excluding carboxylic acids is 1. The van der Waals surface area contributed by atoms with Crippen LogP contribution in [0.4, 0.5) is 0 Å². The maximum Gasteiger partial charge on any atom is 0.316 e.